The first-order chi connectivity index (χ1) is 1.91. The molecule has 0 aromatic rings. The summed E-state index contributed by atoms with van der Waals surface area (Å²) in [5.41, 5.74) is 0. The van der Waals surface area contributed by atoms with E-state index >= 15 is 0 Å². The van der Waals surface area contributed by atoms with Crippen molar-refractivity contribution in [2.24, 2.45) is 0 Å². The monoisotopic (exact) mass is 144 g/mol. The number of halogens is 2. The Labute approximate surface area is 72.6 Å². The van der Waals surface area contributed by atoms with Crippen LogP contribution in [0.15, 0.2) is 0 Å². The summed E-state index contributed by atoms with van der Waals surface area (Å²) < 4.78 is 6.56. The standard InChI is InChI=1S/Ca.Cl2O2.2H/c;1-3-4-2;;/q+2;;2*-1. The zero-order chi connectivity index (χ0) is 3.41. The molecule has 0 rings (SSSR count). The molecule has 0 bridgehead atoms. The van der Waals surface area contributed by atoms with Gasteiger partial charge in [0.1, 0.15) is 23.7 Å². The average molecular weight is 145 g/mol. The molecule has 0 aromatic carbocycles. The van der Waals surface area contributed by atoms with Crippen LogP contribution < -0.4 is 0 Å². The zero-order valence-electron chi connectivity index (χ0n) is 4.28. The molecule has 0 N–H and O–H groups in total. The second-order valence-corrected chi connectivity index (χ2v) is 0.378. The molecule has 5 heteroatoms. The van der Waals surface area contributed by atoms with Crippen molar-refractivity contribution in [3.05, 3.63) is 0 Å². The van der Waals surface area contributed by atoms with E-state index in [2.05, 4.69) is 32.6 Å². The fourth-order valence-electron chi connectivity index (χ4n) is 0. The summed E-state index contributed by atoms with van der Waals surface area (Å²) >= 11 is 8.66. The summed E-state index contributed by atoms with van der Waals surface area (Å²) in [5.74, 6) is 0. The quantitative estimate of drug-likeness (QED) is 0.312. The Hall–Kier alpha value is 1.76. The molecule has 2 nitrogen and oxygen atoms in total. The maximum Gasteiger partial charge on any atom is 2.00 e. The molecule has 0 aromatic heterocycles. The number of rotatable bonds is 1. The summed E-state index contributed by atoms with van der Waals surface area (Å²) in [6.45, 7) is 0. The van der Waals surface area contributed by atoms with E-state index in [9.17, 15) is 0 Å². The second kappa shape index (κ2) is 9.23. The van der Waals surface area contributed by atoms with Crippen LogP contribution in [-0.2, 0) is 8.88 Å². The summed E-state index contributed by atoms with van der Waals surface area (Å²) in [4.78, 5) is 0. The Morgan fingerprint density at radius 2 is 1.40 bits per heavy atom. The van der Waals surface area contributed by atoms with Gasteiger partial charge in [0.05, 0.1) is 0 Å². The van der Waals surface area contributed by atoms with Gasteiger partial charge in [-0.25, -0.2) is 0 Å². The molecule has 30 valence electrons. The summed E-state index contributed by atoms with van der Waals surface area (Å²) in [7, 11) is 0. The van der Waals surface area contributed by atoms with E-state index in [1.807, 2.05) is 0 Å². The third kappa shape index (κ3) is 10.7. The fourth-order valence-corrected chi connectivity index (χ4v) is 0. The van der Waals surface area contributed by atoms with Gasteiger partial charge in [-0.1, -0.05) is 0 Å². The topological polar surface area (TPSA) is 18.5 Å². The van der Waals surface area contributed by atoms with Gasteiger partial charge in [-0.2, -0.15) is 0 Å². The second-order valence-electron chi connectivity index (χ2n) is 0.126. The van der Waals surface area contributed by atoms with E-state index in [-0.39, 0.29) is 40.6 Å². The molecule has 0 fully saturated rings. The van der Waals surface area contributed by atoms with E-state index in [0.717, 1.165) is 0 Å². The van der Waals surface area contributed by atoms with Gasteiger partial charge in [0.15, 0.2) is 0 Å². The van der Waals surface area contributed by atoms with Gasteiger partial charge in [-0.3, -0.25) is 0 Å². The fraction of sp³-hybridized carbons (Fsp3) is 0. The van der Waals surface area contributed by atoms with Crippen LogP contribution in [0.1, 0.15) is 2.85 Å². The minimum absolute atomic E-state index is 0. The summed E-state index contributed by atoms with van der Waals surface area (Å²) in [6, 6.07) is 0. The van der Waals surface area contributed by atoms with Crippen molar-refractivity contribution in [1.29, 1.82) is 0 Å². The van der Waals surface area contributed by atoms with Crippen molar-refractivity contribution in [3.63, 3.8) is 0 Å². The first-order valence-corrected chi connectivity index (χ1v) is 1.09. The van der Waals surface area contributed by atoms with E-state index in [1.165, 1.54) is 0 Å². The Morgan fingerprint density at radius 1 is 1.20 bits per heavy atom. The predicted octanol–water partition coefficient (Wildman–Crippen LogP) is 1.09. The minimum Gasteiger partial charge on any atom is -1.00 e. The predicted molar refractivity (Wildman–Crippen MR) is 21.9 cm³/mol. The van der Waals surface area contributed by atoms with E-state index in [4.69, 9.17) is 0 Å². The number of hydrogen-bond acceptors (Lipinski definition) is 2. The van der Waals surface area contributed by atoms with Gasteiger partial charge in [-0.05, 0) is 0 Å². The molecule has 5 heavy (non-hydrogen) atoms. The molecular formula is H2CaCl2O2. The molecule has 0 unspecified atom stereocenters. The van der Waals surface area contributed by atoms with Crippen molar-refractivity contribution >= 4 is 61.5 Å². The smallest absolute Gasteiger partial charge is 1.00 e. The molecule has 0 heterocycles. The van der Waals surface area contributed by atoms with Crippen LogP contribution in [0.25, 0.3) is 0 Å². The Bertz CT molecular complexity index is 15.7. The molecule has 0 atom stereocenters. The van der Waals surface area contributed by atoms with E-state index in [1.54, 1.807) is 0 Å². The average Bonchev–Trinajstić information content (AvgIpc) is 1.37. The van der Waals surface area contributed by atoms with Crippen LogP contribution in [-0.4, -0.2) is 37.7 Å². The van der Waals surface area contributed by atoms with Gasteiger partial charge in [0.2, 0.25) is 0 Å². The van der Waals surface area contributed by atoms with Crippen molar-refractivity contribution < 1.29 is 11.7 Å². The third-order valence-electron chi connectivity index (χ3n) is 0.0238. The number of hydrogen-bond donors (Lipinski definition) is 0. The van der Waals surface area contributed by atoms with E-state index < -0.39 is 0 Å². The minimum atomic E-state index is 0. The van der Waals surface area contributed by atoms with Gasteiger partial charge >= 0.3 is 37.7 Å². The summed E-state index contributed by atoms with van der Waals surface area (Å²) in [5, 5.41) is 0. The van der Waals surface area contributed by atoms with Crippen LogP contribution in [0, 0.1) is 0 Å². The molecule has 0 amide bonds. The normalized spacial score (nSPS) is 6.00. The van der Waals surface area contributed by atoms with Crippen LogP contribution in [0.5, 0.6) is 0 Å². The molecule has 0 aliphatic carbocycles. The molecule has 0 radical (unpaired) electrons. The first-order valence-electron chi connectivity index (χ1n) is 0.475. The Morgan fingerprint density at radius 3 is 1.40 bits per heavy atom. The Balaban J connectivity index is -0.0000000150. The molecule has 0 spiro atoms. The maximum absolute atomic E-state index is 4.33. The van der Waals surface area contributed by atoms with Crippen molar-refractivity contribution in [1.82, 2.24) is 0 Å². The van der Waals surface area contributed by atoms with Gasteiger partial charge in [0.25, 0.3) is 0 Å². The van der Waals surface area contributed by atoms with Gasteiger partial charge in [-0.15, -0.1) is 8.88 Å². The first kappa shape index (κ1) is 9.90. The molecular weight excluding hydrogens is 143 g/mol. The van der Waals surface area contributed by atoms with Crippen LogP contribution >= 0.6 is 23.7 Å². The van der Waals surface area contributed by atoms with E-state index in [0.29, 0.717) is 0 Å². The van der Waals surface area contributed by atoms with Crippen molar-refractivity contribution in [2.75, 3.05) is 0 Å². The molecule has 0 aliphatic rings. The van der Waals surface area contributed by atoms with Gasteiger partial charge in [0, 0.05) is 0 Å². The van der Waals surface area contributed by atoms with Crippen molar-refractivity contribution in [3.8, 4) is 0 Å². The molecule has 0 saturated carbocycles. The van der Waals surface area contributed by atoms with Crippen LogP contribution in [0.4, 0.5) is 0 Å². The van der Waals surface area contributed by atoms with Crippen LogP contribution in [0.2, 0.25) is 0 Å². The summed E-state index contributed by atoms with van der Waals surface area (Å²) in [6.07, 6.45) is 0. The third-order valence-corrected chi connectivity index (χ3v) is 0.214. The zero-order valence-corrected chi connectivity index (χ0v) is 6.00. The SMILES string of the molecule is ClOOCl.[Ca+2].[H-].[H-]. The van der Waals surface area contributed by atoms with Crippen LogP contribution in [0.3, 0.4) is 0 Å². The maximum atomic E-state index is 4.33. The van der Waals surface area contributed by atoms with Crippen molar-refractivity contribution in [2.45, 2.75) is 0 Å². The van der Waals surface area contributed by atoms with Gasteiger partial charge < -0.3 is 2.85 Å². The molecule has 0 aliphatic heterocycles. The Kier molecular flexibility index (Phi) is 18.3. The molecule has 0 saturated heterocycles. The largest absolute Gasteiger partial charge is 2.00 e.